The van der Waals surface area contributed by atoms with Gasteiger partial charge in [-0.2, -0.15) is 0 Å². The molecule has 4 atom stereocenters. The van der Waals surface area contributed by atoms with Gasteiger partial charge in [-0.15, -0.1) is 0 Å². The van der Waals surface area contributed by atoms with Crippen LogP contribution in [0, 0.1) is 11.8 Å². The summed E-state index contributed by atoms with van der Waals surface area (Å²) in [5.41, 5.74) is 0.208. The fourth-order valence-corrected chi connectivity index (χ4v) is 4.43. The number of nitrogens with one attached hydrogen (secondary N) is 1. The Labute approximate surface area is 194 Å². The number of carboxylic acids is 1. The first kappa shape index (κ1) is 28.1. The number of carbonyl (C=O) groups excluding carboxylic acids is 2. The molecule has 184 valence electrons. The van der Waals surface area contributed by atoms with Gasteiger partial charge in [-0.3, -0.25) is 14.5 Å². The van der Waals surface area contributed by atoms with E-state index < -0.39 is 12.0 Å². The predicted octanol–water partition coefficient (Wildman–Crippen LogP) is 3.68. The first-order chi connectivity index (χ1) is 14.9. The molecule has 2 amide bonds. The summed E-state index contributed by atoms with van der Waals surface area (Å²) >= 11 is 0. The van der Waals surface area contributed by atoms with Crippen LogP contribution in [0.25, 0.3) is 0 Å². The number of hydrogen-bond acceptors (Lipinski definition) is 4. The van der Waals surface area contributed by atoms with Crippen LogP contribution in [0.2, 0.25) is 0 Å². The van der Waals surface area contributed by atoms with Crippen molar-refractivity contribution in [2.75, 3.05) is 13.6 Å². The lowest BCUT2D eigenvalue weighted by atomic mass is 9.95. The van der Waals surface area contributed by atoms with E-state index in [9.17, 15) is 19.5 Å². The molecule has 0 aliphatic carbocycles. The molecule has 1 saturated heterocycles. The molecule has 32 heavy (non-hydrogen) atoms. The van der Waals surface area contributed by atoms with Crippen molar-refractivity contribution in [2.24, 2.45) is 11.8 Å². The van der Waals surface area contributed by atoms with Crippen molar-refractivity contribution < 1.29 is 19.5 Å². The van der Waals surface area contributed by atoms with Crippen LogP contribution in [0.5, 0.6) is 0 Å². The van der Waals surface area contributed by atoms with E-state index in [-0.39, 0.29) is 41.3 Å². The number of amides is 2. The topological polar surface area (TPSA) is 90.0 Å². The molecule has 1 fully saturated rings. The molecule has 0 aromatic heterocycles. The molecule has 0 aromatic carbocycles. The fourth-order valence-electron chi connectivity index (χ4n) is 4.43. The zero-order chi connectivity index (χ0) is 24.6. The van der Waals surface area contributed by atoms with Gasteiger partial charge in [0, 0.05) is 18.7 Å². The molecule has 1 heterocycles. The highest BCUT2D eigenvalue weighted by molar-refractivity contribution is 5.90. The van der Waals surface area contributed by atoms with Crippen LogP contribution >= 0.6 is 0 Å². The number of rotatable bonds is 11. The highest BCUT2D eigenvalue weighted by Crippen LogP contribution is 2.22. The van der Waals surface area contributed by atoms with Crippen LogP contribution in [0.1, 0.15) is 80.6 Å². The highest BCUT2D eigenvalue weighted by atomic mass is 16.4. The van der Waals surface area contributed by atoms with Crippen molar-refractivity contribution in [3.8, 4) is 0 Å². The van der Waals surface area contributed by atoms with E-state index in [0.29, 0.717) is 12.5 Å². The Morgan fingerprint density at radius 1 is 1.16 bits per heavy atom. The summed E-state index contributed by atoms with van der Waals surface area (Å²) in [5.74, 6) is -0.982. The molecule has 0 bridgehead atoms. The van der Waals surface area contributed by atoms with E-state index >= 15 is 0 Å². The summed E-state index contributed by atoms with van der Waals surface area (Å²) < 4.78 is 0. The Hall–Kier alpha value is -1.89. The number of hydrogen-bond donors (Lipinski definition) is 2. The Morgan fingerprint density at radius 2 is 1.78 bits per heavy atom. The van der Waals surface area contributed by atoms with Crippen LogP contribution in [0.15, 0.2) is 11.6 Å². The second-order valence-corrected chi connectivity index (χ2v) is 10.0. The molecule has 2 N–H and O–H groups in total. The second kappa shape index (κ2) is 13.0. The Morgan fingerprint density at radius 3 is 2.28 bits per heavy atom. The molecule has 1 aliphatic rings. The molecule has 4 unspecified atom stereocenters. The summed E-state index contributed by atoms with van der Waals surface area (Å²) in [4.78, 5) is 42.0. The first-order valence-electron chi connectivity index (χ1n) is 12.1. The third kappa shape index (κ3) is 7.91. The summed E-state index contributed by atoms with van der Waals surface area (Å²) in [6.45, 7) is 14.7. The van der Waals surface area contributed by atoms with Gasteiger partial charge in [0.25, 0.3) is 0 Å². The van der Waals surface area contributed by atoms with Gasteiger partial charge in [0.1, 0.15) is 6.04 Å². The molecule has 0 radical (unpaired) electrons. The first-order valence-corrected chi connectivity index (χ1v) is 12.1. The standard InChI is InChI=1S/C25H45N3O4/c1-9-19(7)28-13-11-10-12-21(28)23(29)26-20(14-16(2)3)24(30)27(8)22(17(4)5)15-18(6)25(31)32/h15-17,19-22H,9-14H2,1-8H3,(H,26,29)(H,31,32)/b18-15+. The average Bonchev–Trinajstić information content (AvgIpc) is 2.74. The molecule has 0 aromatic rings. The van der Waals surface area contributed by atoms with Crippen LogP contribution in [-0.4, -0.2) is 70.4 Å². The van der Waals surface area contributed by atoms with E-state index in [0.717, 1.165) is 32.2 Å². The van der Waals surface area contributed by atoms with Gasteiger partial charge in [-0.25, -0.2) is 4.79 Å². The third-order valence-electron chi connectivity index (χ3n) is 6.56. The minimum Gasteiger partial charge on any atom is -0.478 e. The summed E-state index contributed by atoms with van der Waals surface area (Å²) in [7, 11) is 1.70. The van der Waals surface area contributed by atoms with Gasteiger partial charge in [0.2, 0.25) is 11.8 Å². The number of piperidine rings is 1. The maximum absolute atomic E-state index is 13.5. The zero-order valence-electron chi connectivity index (χ0n) is 21.4. The van der Waals surface area contributed by atoms with Crippen LogP contribution in [-0.2, 0) is 14.4 Å². The fraction of sp³-hybridized carbons (Fsp3) is 0.800. The van der Waals surface area contributed by atoms with Crippen LogP contribution < -0.4 is 5.32 Å². The Bertz CT molecular complexity index is 674. The summed E-state index contributed by atoms with van der Waals surface area (Å²) in [6, 6.07) is -0.881. The predicted molar refractivity (Wildman–Crippen MR) is 128 cm³/mol. The Kier molecular flexibility index (Phi) is 11.4. The van der Waals surface area contributed by atoms with Crippen molar-refractivity contribution in [3.63, 3.8) is 0 Å². The van der Waals surface area contributed by atoms with E-state index in [1.807, 2.05) is 27.7 Å². The molecule has 7 heteroatoms. The van der Waals surface area contributed by atoms with E-state index in [1.165, 1.54) is 6.92 Å². The number of likely N-dealkylation sites (N-methyl/N-ethyl adjacent to an activating group) is 1. The third-order valence-corrected chi connectivity index (χ3v) is 6.56. The minimum atomic E-state index is -0.994. The monoisotopic (exact) mass is 451 g/mol. The quantitative estimate of drug-likeness (QED) is 0.468. The van der Waals surface area contributed by atoms with Crippen LogP contribution in [0.3, 0.4) is 0 Å². The van der Waals surface area contributed by atoms with Crippen LogP contribution in [0.4, 0.5) is 0 Å². The van der Waals surface area contributed by atoms with Crippen molar-refractivity contribution >= 4 is 17.8 Å². The van der Waals surface area contributed by atoms with Gasteiger partial charge in [-0.05, 0) is 57.9 Å². The average molecular weight is 452 g/mol. The minimum absolute atomic E-state index is 0.0351. The SMILES string of the molecule is CCC(C)N1CCCCC1C(=O)NC(CC(C)C)C(=O)N(C)C(/C=C(\C)C(=O)O)C(C)C. The highest BCUT2D eigenvalue weighted by Gasteiger charge is 2.35. The molecule has 1 rings (SSSR count). The summed E-state index contributed by atoms with van der Waals surface area (Å²) in [6.07, 6.45) is 6.07. The number of carbonyl (C=O) groups is 3. The maximum Gasteiger partial charge on any atom is 0.331 e. The lowest BCUT2D eigenvalue weighted by Crippen LogP contribution is -2.58. The zero-order valence-corrected chi connectivity index (χ0v) is 21.4. The summed E-state index contributed by atoms with van der Waals surface area (Å²) in [5, 5.41) is 12.3. The van der Waals surface area contributed by atoms with Crippen molar-refractivity contribution in [2.45, 2.75) is 105 Å². The number of nitrogens with zero attached hydrogens (tertiary/aromatic N) is 2. The van der Waals surface area contributed by atoms with Gasteiger partial charge < -0.3 is 15.3 Å². The molecule has 0 saturated carbocycles. The lowest BCUT2D eigenvalue weighted by Gasteiger charge is -2.39. The van der Waals surface area contributed by atoms with E-state index in [2.05, 4.69) is 24.1 Å². The molecule has 1 aliphatic heterocycles. The second-order valence-electron chi connectivity index (χ2n) is 10.0. The van der Waals surface area contributed by atoms with Gasteiger partial charge in [0.15, 0.2) is 0 Å². The molecule has 7 nitrogen and oxygen atoms in total. The Balaban J connectivity index is 3.09. The molecule has 0 spiro atoms. The van der Waals surface area contributed by atoms with Crippen molar-refractivity contribution in [1.29, 1.82) is 0 Å². The van der Waals surface area contributed by atoms with Crippen molar-refractivity contribution in [1.82, 2.24) is 15.1 Å². The lowest BCUT2D eigenvalue weighted by molar-refractivity contribution is -0.139. The van der Waals surface area contributed by atoms with E-state index in [1.54, 1.807) is 18.0 Å². The number of likely N-dealkylation sites (tertiary alicyclic amines) is 1. The van der Waals surface area contributed by atoms with Gasteiger partial charge in [-0.1, -0.05) is 47.1 Å². The van der Waals surface area contributed by atoms with Gasteiger partial charge in [0.05, 0.1) is 12.1 Å². The van der Waals surface area contributed by atoms with Crippen molar-refractivity contribution in [3.05, 3.63) is 11.6 Å². The normalized spacial score (nSPS) is 20.7. The largest absolute Gasteiger partial charge is 0.478 e. The molecular weight excluding hydrogens is 406 g/mol. The van der Waals surface area contributed by atoms with Gasteiger partial charge >= 0.3 is 5.97 Å². The number of carboxylic acid groups (broad SMARTS) is 1. The molecular formula is C25H45N3O4. The number of aliphatic carboxylic acids is 1. The smallest absolute Gasteiger partial charge is 0.331 e. The maximum atomic E-state index is 13.5. The van der Waals surface area contributed by atoms with E-state index in [4.69, 9.17) is 0 Å².